The summed E-state index contributed by atoms with van der Waals surface area (Å²) in [5.41, 5.74) is 7.74. The van der Waals surface area contributed by atoms with Gasteiger partial charge in [0.25, 0.3) is 0 Å². The fourth-order valence-electron chi connectivity index (χ4n) is 2.29. The Balaban J connectivity index is 1.98. The first-order valence-electron chi connectivity index (χ1n) is 6.08. The number of piperidine rings is 1. The van der Waals surface area contributed by atoms with Crippen molar-refractivity contribution in [3.05, 3.63) is 24.0 Å². The molecule has 1 aliphatic rings. The lowest BCUT2D eigenvalue weighted by molar-refractivity contribution is 0.131. The first-order chi connectivity index (χ1) is 7.66. The van der Waals surface area contributed by atoms with Crippen molar-refractivity contribution in [1.29, 1.82) is 0 Å². The van der Waals surface area contributed by atoms with E-state index in [4.69, 9.17) is 5.73 Å². The predicted octanol–water partition coefficient (Wildman–Crippen LogP) is 2.14. The summed E-state index contributed by atoms with van der Waals surface area (Å²) in [6.07, 6.45) is 3.11. The van der Waals surface area contributed by atoms with Gasteiger partial charge in [0, 0.05) is 19.3 Å². The van der Waals surface area contributed by atoms with E-state index in [2.05, 4.69) is 23.7 Å². The minimum Gasteiger partial charge on any atom is -0.397 e. The van der Waals surface area contributed by atoms with Crippen LogP contribution in [0.25, 0.3) is 0 Å². The van der Waals surface area contributed by atoms with Gasteiger partial charge in [-0.2, -0.15) is 0 Å². The summed E-state index contributed by atoms with van der Waals surface area (Å²) in [6.45, 7) is 7.90. The van der Waals surface area contributed by atoms with Crippen molar-refractivity contribution >= 4 is 5.69 Å². The largest absolute Gasteiger partial charge is 0.397 e. The van der Waals surface area contributed by atoms with Crippen LogP contribution in [-0.2, 0) is 6.54 Å². The number of aromatic nitrogens is 1. The van der Waals surface area contributed by atoms with Gasteiger partial charge in [-0.05, 0) is 36.9 Å². The summed E-state index contributed by atoms with van der Waals surface area (Å²) >= 11 is 0. The smallest absolute Gasteiger partial charge is 0.0772 e. The molecule has 2 atom stereocenters. The van der Waals surface area contributed by atoms with Gasteiger partial charge in [0.05, 0.1) is 11.4 Å². The molecule has 1 saturated heterocycles. The summed E-state index contributed by atoms with van der Waals surface area (Å²) in [6, 6.07) is 3.82. The number of hydrogen-bond acceptors (Lipinski definition) is 3. The van der Waals surface area contributed by atoms with E-state index in [9.17, 15) is 0 Å². The summed E-state index contributed by atoms with van der Waals surface area (Å²) in [7, 11) is 0. The maximum absolute atomic E-state index is 5.91. The van der Waals surface area contributed by atoms with Gasteiger partial charge in [-0.1, -0.05) is 13.8 Å². The molecule has 0 aliphatic carbocycles. The molecule has 1 fully saturated rings. The van der Waals surface area contributed by atoms with Gasteiger partial charge in [0.1, 0.15) is 0 Å². The molecule has 2 N–H and O–H groups in total. The Morgan fingerprint density at radius 2 is 2.25 bits per heavy atom. The number of nitrogens with two attached hydrogens (primary N) is 1. The predicted molar refractivity (Wildman–Crippen MR) is 66.9 cm³/mol. The average Bonchev–Trinajstić information content (AvgIpc) is 2.27. The zero-order chi connectivity index (χ0) is 11.5. The van der Waals surface area contributed by atoms with Crippen molar-refractivity contribution in [3.8, 4) is 0 Å². The van der Waals surface area contributed by atoms with Crippen molar-refractivity contribution in [3.63, 3.8) is 0 Å². The lowest BCUT2D eigenvalue weighted by Crippen LogP contribution is -2.38. The summed E-state index contributed by atoms with van der Waals surface area (Å²) < 4.78 is 0. The SMILES string of the molecule is CC1CCN(Cc2ncccc2N)CC1C. The zero-order valence-electron chi connectivity index (χ0n) is 10.2. The van der Waals surface area contributed by atoms with E-state index in [1.165, 1.54) is 13.0 Å². The third-order valence-corrected chi connectivity index (χ3v) is 3.72. The molecule has 0 radical (unpaired) electrons. The molecule has 2 unspecified atom stereocenters. The molecule has 1 aromatic rings. The maximum Gasteiger partial charge on any atom is 0.0772 e. The summed E-state index contributed by atoms with van der Waals surface area (Å²) in [5.74, 6) is 1.62. The van der Waals surface area contributed by atoms with E-state index in [1.54, 1.807) is 0 Å². The van der Waals surface area contributed by atoms with E-state index >= 15 is 0 Å². The van der Waals surface area contributed by atoms with Crippen LogP contribution >= 0.6 is 0 Å². The van der Waals surface area contributed by atoms with E-state index in [0.29, 0.717) is 0 Å². The Hall–Kier alpha value is -1.09. The number of anilines is 1. The van der Waals surface area contributed by atoms with Crippen LogP contribution in [0.2, 0.25) is 0 Å². The zero-order valence-corrected chi connectivity index (χ0v) is 10.2. The van der Waals surface area contributed by atoms with Gasteiger partial charge in [-0.25, -0.2) is 0 Å². The first kappa shape index (κ1) is 11.4. The Morgan fingerprint density at radius 1 is 1.44 bits per heavy atom. The highest BCUT2D eigenvalue weighted by molar-refractivity contribution is 5.41. The second-order valence-electron chi connectivity index (χ2n) is 5.02. The molecule has 0 spiro atoms. The normalized spacial score (nSPS) is 26.9. The highest BCUT2D eigenvalue weighted by Crippen LogP contribution is 2.24. The lowest BCUT2D eigenvalue weighted by Gasteiger charge is -2.35. The number of likely N-dealkylation sites (tertiary alicyclic amines) is 1. The van der Waals surface area contributed by atoms with E-state index in [1.807, 2.05) is 18.3 Å². The fourth-order valence-corrected chi connectivity index (χ4v) is 2.29. The molecule has 2 rings (SSSR count). The van der Waals surface area contributed by atoms with Gasteiger partial charge in [-0.3, -0.25) is 9.88 Å². The van der Waals surface area contributed by atoms with Crippen molar-refractivity contribution in [2.75, 3.05) is 18.8 Å². The van der Waals surface area contributed by atoms with E-state index in [0.717, 1.165) is 36.3 Å². The van der Waals surface area contributed by atoms with Crippen molar-refractivity contribution in [1.82, 2.24) is 9.88 Å². The van der Waals surface area contributed by atoms with Crippen LogP contribution in [0.15, 0.2) is 18.3 Å². The molecule has 88 valence electrons. The molecule has 0 bridgehead atoms. The number of rotatable bonds is 2. The fraction of sp³-hybridized carbons (Fsp3) is 0.615. The monoisotopic (exact) mass is 219 g/mol. The second-order valence-corrected chi connectivity index (χ2v) is 5.02. The molecular weight excluding hydrogens is 198 g/mol. The second kappa shape index (κ2) is 4.83. The molecular formula is C13H21N3. The van der Waals surface area contributed by atoms with E-state index < -0.39 is 0 Å². The van der Waals surface area contributed by atoms with Crippen LogP contribution in [0.1, 0.15) is 26.0 Å². The van der Waals surface area contributed by atoms with Crippen molar-refractivity contribution in [2.45, 2.75) is 26.8 Å². The highest BCUT2D eigenvalue weighted by atomic mass is 15.1. The molecule has 2 heterocycles. The van der Waals surface area contributed by atoms with Crippen molar-refractivity contribution < 1.29 is 0 Å². The first-order valence-corrected chi connectivity index (χ1v) is 6.08. The van der Waals surface area contributed by atoms with Crippen LogP contribution in [0.3, 0.4) is 0 Å². The maximum atomic E-state index is 5.91. The van der Waals surface area contributed by atoms with Gasteiger partial charge in [0.2, 0.25) is 0 Å². The Kier molecular flexibility index (Phi) is 3.44. The number of nitrogen functional groups attached to an aromatic ring is 1. The van der Waals surface area contributed by atoms with Crippen LogP contribution in [0.5, 0.6) is 0 Å². The van der Waals surface area contributed by atoms with Gasteiger partial charge in [-0.15, -0.1) is 0 Å². The minimum atomic E-state index is 0.777. The standard InChI is InChI=1S/C13H21N3/c1-10-5-7-16(8-11(10)2)9-13-12(14)4-3-6-15-13/h3-4,6,10-11H,5,7-9,14H2,1-2H3. The third kappa shape index (κ3) is 2.53. The van der Waals surface area contributed by atoms with Gasteiger partial charge in [0.15, 0.2) is 0 Å². The topological polar surface area (TPSA) is 42.2 Å². The molecule has 1 aliphatic heterocycles. The van der Waals surface area contributed by atoms with Crippen LogP contribution in [-0.4, -0.2) is 23.0 Å². The molecule has 3 nitrogen and oxygen atoms in total. The van der Waals surface area contributed by atoms with E-state index in [-0.39, 0.29) is 0 Å². The van der Waals surface area contributed by atoms with Gasteiger partial charge >= 0.3 is 0 Å². The summed E-state index contributed by atoms with van der Waals surface area (Å²) in [4.78, 5) is 6.81. The molecule has 3 heteroatoms. The minimum absolute atomic E-state index is 0.777. The number of nitrogens with zero attached hydrogens (tertiary/aromatic N) is 2. The Bertz CT molecular complexity index is 351. The van der Waals surface area contributed by atoms with Crippen LogP contribution in [0.4, 0.5) is 5.69 Å². The third-order valence-electron chi connectivity index (χ3n) is 3.72. The molecule has 1 aromatic heterocycles. The Labute approximate surface area is 97.7 Å². The molecule has 16 heavy (non-hydrogen) atoms. The molecule has 0 saturated carbocycles. The van der Waals surface area contributed by atoms with Crippen LogP contribution in [0, 0.1) is 11.8 Å². The quantitative estimate of drug-likeness (QED) is 0.828. The molecule has 0 amide bonds. The Morgan fingerprint density at radius 3 is 2.94 bits per heavy atom. The number of hydrogen-bond donors (Lipinski definition) is 1. The van der Waals surface area contributed by atoms with Crippen LogP contribution < -0.4 is 5.73 Å². The highest BCUT2D eigenvalue weighted by Gasteiger charge is 2.23. The van der Waals surface area contributed by atoms with Gasteiger partial charge < -0.3 is 5.73 Å². The average molecular weight is 219 g/mol. The molecule has 0 aromatic carbocycles. The summed E-state index contributed by atoms with van der Waals surface area (Å²) in [5, 5.41) is 0. The lowest BCUT2D eigenvalue weighted by atomic mass is 9.88. The van der Waals surface area contributed by atoms with Crippen molar-refractivity contribution in [2.24, 2.45) is 11.8 Å². The number of pyridine rings is 1.